The van der Waals surface area contributed by atoms with Gasteiger partial charge in [-0.3, -0.25) is 0 Å². The van der Waals surface area contributed by atoms with E-state index >= 15 is 0 Å². The highest BCUT2D eigenvalue weighted by Crippen LogP contribution is 2.15. The second-order valence-corrected chi connectivity index (χ2v) is 3.60. The summed E-state index contributed by atoms with van der Waals surface area (Å²) in [6, 6.07) is 0. The first-order valence-electron chi connectivity index (χ1n) is 4.56. The van der Waals surface area contributed by atoms with E-state index in [1.807, 2.05) is 6.92 Å². The van der Waals surface area contributed by atoms with Crippen LogP contribution in [0.25, 0.3) is 0 Å². The van der Waals surface area contributed by atoms with E-state index in [2.05, 4.69) is 9.97 Å². The molecular weight excluding hydrogens is 182 g/mol. The zero-order valence-corrected chi connectivity index (χ0v) is 7.96. The number of aliphatic hydroxyl groups is 2. The van der Waals surface area contributed by atoms with Gasteiger partial charge in [-0.05, 0) is 12.5 Å². The molecule has 1 fully saturated rings. The predicted molar refractivity (Wildman–Crippen MR) is 51.0 cm³/mol. The maximum absolute atomic E-state index is 9.34. The average Bonchev–Trinajstić information content (AvgIpc) is 2.48. The molecule has 0 radical (unpaired) electrons. The molecule has 1 aromatic heterocycles. The maximum atomic E-state index is 9.34. The Hall–Kier alpha value is -1.20. The summed E-state index contributed by atoms with van der Waals surface area (Å²) in [4.78, 5) is 10.0. The van der Waals surface area contributed by atoms with Gasteiger partial charge in [-0.25, -0.2) is 9.97 Å². The third-order valence-corrected chi connectivity index (χ3v) is 2.31. The summed E-state index contributed by atoms with van der Waals surface area (Å²) < 4.78 is 0. The molecule has 0 bridgehead atoms. The van der Waals surface area contributed by atoms with E-state index in [0.29, 0.717) is 19.0 Å². The van der Waals surface area contributed by atoms with Gasteiger partial charge < -0.3 is 15.1 Å². The van der Waals surface area contributed by atoms with Crippen LogP contribution in [0.3, 0.4) is 0 Å². The minimum atomic E-state index is -0.695. The summed E-state index contributed by atoms with van der Waals surface area (Å²) in [5, 5.41) is 18.7. The van der Waals surface area contributed by atoms with Crippen molar-refractivity contribution in [2.24, 2.45) is 0 Å². The lowest BCUT2D eigenvalue weighted by Crippen LogP contribution is -2.23. The molecule has 2 N–H and O–H groups in total. The van der Waals surface area contributed by atoms with Crippen LogP contribution in [0.15, 0.2) is 12.4 Å². The molecule has 76 valence electrons. The van der Waals surface area contributed by atoms with Crippen LogP contribution in [0.2, 0.25) is 0 Å². The van der Waals surface area contributed by atoms with Crippen LogP contribution in [-0.2, 0) is 0 Å². The van der Waals surface area contributed by atoms with E-state index < -0.39 is 12.2 Å². The summed E-state index contributed by atoms with van der Waals surface area (Å²) in [5.41, 5.74) is 0.994. The number of aryl methyl sites for hydroxylation is 1. The van der Waals surface area contributed by atoms with Crippen molar-refractivity contribution in [2.45, 2.75) is 19.1 Å². The Morgan fingerprint density at radius 1 is 1.21 bits per heavy atom. The number of β-amino-alcohol motifs (C(OH)–C–C–N with tert-alkyl or cyclic N) is 2. The highest BCUT2D eigenvalue weighted by molar-refractivity contribution is 5.32. The van der Waals surface area contributed by atoms with E-state index in [-0.39, 0.29) is 0 Å². The Kier molecular flexibility index (Phi) is 2.35. The molecule has 0 amide bonds. The fraction of sp³-hybridized carbons (Fsp3) is 0.556. The lowest BCUT2D eigenvalue weighted by molar-refractivity contribution is 0.0572. The lowest BCUT2D eigenvalue weighted by Gasteiger charge is -2.14. The van der Waals surface area contributed by atoms with Crippen LogP contribution in [0, 0.1) is 6.92 Å². The predicted octanol–water partition coefficient (Wildman–Crippen LogP) is -0.673. The second kappa shape index (κ2) is 3.51. The van der Waals surface area contributed by atoms with Crippen LogP contribution < -0.4 is 4.90 Å². The third-order valence-electron chi connectivity index (χ3n) is 2.31. The largest absolute Gasteiger partial charge is 0.388 e. The Labute approximate surface area is 82.0 Å². The molecule has 0 aliphatic carbocycles. The number of hydrogen-bond acceptors (Lipinski definition) is 5. The van der Waals surface area contributed by atoms with Gasteiger partial charge in [0.2, 0.25) is 5.95 Å². The molecule has 0 aromatic carbocycles. The molecule has 0 unspecified atom stereocenters. The second-order valence-electron chi connectivity index (χ2n) is 3.60. The van der Waals surface area contributed by atoms with E-state index in [4.69, 9.17) is 0 Å². The van der Waals surface area contributed by atoms with Gasteiger partial charge in [0.05, 0.1) is 12.2 Å². The van der Waals surface area contributed by atoms with E-state index in [9.17, 15) is 10.2 Å². The maximum Gasteiger partial charge on any atom is 0.225 e. The fourth-order valence-corrected chi connectivity index (χ4v) is 1.48. The minimum Gasteiger partial charge on any atom is -0.388 e. The van der Waals surface area contributed by atoms with Crippen molar-refractivity contribution in [2.75, 3.05) is 18.0 Å². The van der Waals surface area contributed by atoms with Crippen LogP contribution in [0.5, 0.6) is 0 Å². The molecule has 1 aliphatic heterocycles. The quantitative estimate of drug-likeness (QED) is 0.621. The van der Waals surface area contributed by atoms with Crippen LogP contribution in [0.1, 0.15) is 5.56 Å². The highest BCUT2D eigenvalue weighted by Gasteiger charge is 2.30. The molecule has 1 aromatic rings. The molecule has 0 spiro atoms. The fourth-order valence-electron chi connectivity index (χ4n) is 1.48. The highest BCUT2D eigenvalue weighted by atomic mass is 16.3. The summed E-state index contributed by atoms with van der Waals surface area (Å²) in [5.74, 6) is 0.561. The van der Waals surface area contributed by atoms with Crippen molar-refractivity contribution < 1.29 is 10.2 Å². The summed E-state index contributed by atoms with van der Waals surface area (Å²) in [7, 11) is 0. The van der Waals surface area contributed by atoms with Crippen LogP contribution in [-0.4, -0.2) is 45.5 Å². The molecule has 5 heteroatoms. The Morgan fingerprint density at radius 3 is 2.21 bits per heavy atom. The van der Waals surface area contributed by atoms with Crippen molar-refractivity contribution in [1.82, 2.24) is 9.97 Å². The molecule has 14 heavy (non-hydrogen) atoms. The van der Waals surface area contributed by atoms with Gasteiger partial charge in [0.25, 0.3) is 0 Å². The topological polar surface area (TPSA) is 69.5 Å². The molecule has 2 heterocycles. The van der Waals surface area contributed by atoms with Crippen molar-refractivity contribution in [3.8, 4) is 0 Å². The summed E-state index contributed by atoms with van der Waals surface area (Å²) in [6.07, 6.45) is 2.05. The van der Waals surface area contributed by atoms with Crippen molar-refractivity contribution in [1.29, 1.82) is 0 Å². The summed E-state index contributed by atoms with van der Waals surface area (Å²) >= 11 is 0. The number of anilines is 1. The molecule has 5 nitrogen and oxygen atoms in total. The Balaban J connectivity index is 2.13. The van der Waals surface area contributed by atoms with Gasteiger partial charge in [0, 0.05) is 25.5 Å². The van der Waals surface area contributed by atoms with Crippen molar-refractivity contribution in [3.05, 3.63) is 18.0 Å². The van der Waals surface area contributed by atoms with Crippen LogP contribution >= 0.6 is 0 Å². The molecule has 0 saturated carbocycles. The number of aliphatic hydroxyl groups excluding tert-OH is 2. The molecular formula is C9H13N3O2. The number of hydrogen-bond donors (Lipinski definition) is 2. The van der Waals surface area contributed by atoms with E-state index in [1.165, 1.54) is 0 Å². The zero-order chi connectivity index (χ0) is 10.1. The monoisotopic (exact) mass is 195 g/mol. The zero-order valence-electron chi connectivity index (χ0n) is 7.96. The number of aromatic nitrogens is 2. The van der Waals surface area contributed by atoms with Gasteiger partial charge in [0.1, 0.15) is 0 Å². The SMILES string of the molecule is Cc1cnc(N2C[C@@H](O)[C@@H](O)C2)nc1. The first-order chi connectivity index (χ1) is 6.66. The Bertz CT molecular complexity index is 304. The third kappa shape index (κ3) is 1.69. The van der Waals surface area contributed by atoms with Gasteiger partial charge in [0.15, 0.2) is 0 Å². The Morgan fingerprint density at radius 2 is 1.71 bits per heavy atom. The first-order valence-corrected chi connectivity index (χ1v) is 4.56. The minimum absolute atomic E-state index is 0.393. The summed E-state index contributed by atoms with van der Waals surface area (Å²) in [6.45, 7) is 2.70. The van der Waals surface area contributed by atoms with Crippen molar-refractivity contribution >= 4 is 5.95 Å². The van der Waals surface area contributed by atoms with Crippen LogP contribution in [0.4, 0.5) is 5.95 Å². The number of nitrogens with zero attached hydrogens (tertiary/aromatic N) is 3. The molecule has 1 aliphatic rings. The molecule has 1 saturated heterocycles. The van der Waals surface area contributed by atoms with E-state index in [0.717, 1.165) is 5.56 Å². The van der Waals surface area contributed by atoms with Gasteiger partial charge in [-0.1, -0.05) is 0 Å². The van der Waals surface area contributed by atoms with E-state index in [1.54, 1.807) is 17.3 Å². The first kappa shape index (κ1) is 9.36. The van der Waals surface area contributed by atoms with Crippen molar-refractivity contribution in [3.63, 3.8) is 0 Å². The van der Waals surface area contributed by atoms with Gasteiger partial charge >= 0.3 is 0 Å². The van der Waals surface area contributed by atoms with Gasteiger partial charge in [-0.2, -0.15) is 0 Å². The van der Waals surface area contributed by atoms with Gasteiger partial charge in [-0.15, -0.1) is 0 Å². The number of rotatable bonds is 1. The lowest BCUT2D eigenvalue weighted by atomic mass is 10.3. The average molecular weight is 195 g/mol. The smallest absolute Gasteiger partial charge is 0.225 e. The molecule has 2 atom stereocenters. The molecule has 2 rings (SSSR count). The standard InChI is InChI=1S/C9H13N3O2/c1-6-2-10-9(11-3-6)12-4-7(13)8(14)5-12/h2-3,7-8,13-14H,4-5H2,1H3/t7-,8+. The normalized spacial score (nSPS) is 26.9.